The summed E-state index contributed by atoms with van der Waals surface area (Å²) in [4.78, 5) is 24.4. The van der Waals surface area contributed by atoms with E-state index in [1.165, 1.54) is 23.6 Å². The number of rotatable bonds is 3. The van der Waals surface area contributed by atoms with Gasteiger partial charge in [0.1, 0.15) is 11.1 Å². The van der Waals surface area contributed by atoms with E-state index < -0.39 is 18.0 Å². The fourth-order valence-corrected chi connectivity index (χ4v) is 3.49. The summed E-state index contributed by atoms with van der Waals surface area (Å²) in [7, 11) is 0. The van der Waals surface area contributed by atoms with Crippen molar-refractivity contribution in [3.63, 3.8) is 0 Å². The van der Waals surface area contributed by atoms with Crippen LogP contribution in [0.3, 0.4) is 0 Å². The lowest BCUT2D eigenvalue weighted by Gasteiger charge is -2.43. The van der Waals surface area contributed by atoms with Gasteiger partial charge in [0.05, 0.1) is 12.0 Å². The first-order valence-electron chi connectivity index (χ1n) is 4.83. The Bertz CT molecular complexity index is 393. The van der Waals surface area contributed by atoms with Gasteiger partial charge >= 0.3 is 5.97 Å². The highest BCUT2D eigenvalue weighted by molar-refractivity contribution is 8.04. The molecule has 0 saturated carbocycles. The molecule has 1 unspecified atom stereocenters. The quantitative estimate of drug-likeness (QED) is 0.559. The molecule has 16 heavy (non-hydrogen) atoms. The van der Waals surface area contributed by atoms with E-state index >= 15 is 0 Å². The molecule has 0 radical (unpaired) electrons. The molecular formula is C9H12N2O4S. The van der Waals surface area contributed by atoms with Crippen LogP contribution in [0.15, 0.2) is 10.6 Å². The van der Waals surface area contributed by atoms with Gasteiger partial charge in [-0.2, -0.15) is 0 Å². The normalized spacial score (nSPS) is 30.2. The molecule has 1 amide bonds. The van der Waals surface area contributed by atoms with Gasteiger partial charge in [-0.1, -0.05) is 0 Å². The Morgan fingerprint density at radius 3 is 2.75 bits per heavy atom. The summed E-state index contributed by atoms with van der Waals surface area (Å²) in [5, 5.41) is 18.1. The molecule has 2 heterocycles. The largest absolute Gasteiger partial charge is 0.477 e. The van der Waals surface area contributed by atoms with E-state index in [1.807, 2.05) is 0 Å². The maximum Gasteiger partial charge on any atom is 0.353 e. The molecule has 0 bridgehead atoms. The Kier molecular flexibility index (Phi) is 2.69. The number of aliphatic carboxylic acids is 1. The summed E-state index contributed by atoms with van der Waals surface area (Å²) in [5.74, 6) is -2.01. The molecule has 0 aromatic rings. The van der Waals surface area contributed by atoms with Crippen molar-refractivity contribution in [3.05, 3.63) is 10.6 Å². The molecule has 6 nitrogen and oxygen atoms in total. The van der Waals surface area contributed by atoms with Crippen LogP contribution in [0.1, 0.15) is 6.92 Å². The van der Waals surface area contributed by atoms with Gasteiger partial charge in [0, 0.05) is 11.4 Å². The first-order valence-corrected chi connectivity index (χ1v) is 5.71. The molecule has 2 rings (SSSR count). The SMILES string of the molecule is C[C@@H](O)C1C(=O)N2C(C(=O)O)=C(CN)S[C@H]12. The van der Waals surface area contributed by atoms with E-state index in [1.54, 1.807) is 0 Å². The molecule has 2 aliphatic rings. The third-order valence-corrected chi connectivity index (χ3v) is 4.15. The number of amides is 1. The maximum absolute atomic E-state index is 11.7. The topological polar surface area (TPSA) is 104 Å². The third-order valence-electron chi connectivity index (χ3n) is 2.76. The molecule has 88 valence electrons. The fourth-order valence-electron chi connectivity index (χ4n) is 2.00. The lowest BCUT2D eigenvalue weighted by molar-refractivity contribution is -0.156. The number of thioether (sulfide) groups is 1. The van der Waals surface area contributed by atoms with Gasteiger partial charge in [-0.25, -0.2) is 4.79 Å². The number of aliphatic hydroxyl groups excluding tert-OH is 1. The predicted molar refractivity (Wildman–Crippen MR) is 57.1 cm³/mol. The first kappa shape index (κ1) is 11.4. The van der Waals surface area contributed by atoms with E-state index in [0.717, 1.165) is 0 Å². The van der Waals surface area contributed by atoms with Crippen LogP contribution < -0.4 is 5.73 Å². The zero-order chi connectivity index (χ0) is 12.0. The van der Waals surface area contributed by atoms with Crippen molar-refractivity contribution in [2.75, 3.05) is 6.54 Å². The third kappa shape index (κ3) is 1.35. The number of β-lactam (4-membered cyclic amide) rings is 1. The first-order chi connectivity index (χ1) is 7.49. The van der Waals surface area contributed by atoms with Gasteiger partial charge in [0.15, 0.2) is 0 Å². The minimum absolute atomic E-state index is 0.0283. The highest BCUT2D eigenvalue weighted by atomic mass is 32.2. The van der Waals surface area contributed by atoms with Gasteiger partial charge in [-0.3, -0.25) is 9.69 Å². The molecule has 4 N–H and O–H groups in total. The van der Waals surface area contributed by atoms with Gasteiger partial charge in [0.2, 0.25) is 5.91 Å². The van der Waals surface area contributed by atoms with Gasteiger partial charge in [-0.05, 0) is 6.92 Å². The number of nitrogens with two attached hydrogens (primary N) is 1. The molecule has 0 spiro atoms. The van der Waals surface area contributed by atoms with E-state index in [-0.39, 0.29) is 23.5 Å². The summed E-state index contributed by atoms with van der Waals surface area (Å²) in [6.07, 6.45) is -0.770. The number of carbonyl (C=O) groups is 2. The molecule has 0 aromatic carbocycles. The Balaban J connectivity index is 2.29. The number of carbonyl (C=O) groups excluding carboxylic acids is 1. The Morgan fingerprint density at radius 2 is 2.31 bits per heavy atom. The van der Waals surface area contributed by atoms with Crippen molar-refractivity contribution >= 4 is 23.6 Å². The van der Waals surface area contributed by atoms with Crippen LogP contribution >= 0.6 is 11.8 Å². The Morgan fingerprint density at radius 1 is 1.69 bits per heavy atom. The van der Waals surface area contributed by atoms with Gasteiger partial charge in [0.25, 0.3) is 0 Å². The smallest absolute Gasteiger partial charge is 0.353 e. The number of aliphatic hydroxyl groups is 1. The van der Waals surface area contributed by atoms with Crippen molar-refractivity contribution < 1.29 is 19.8 Å². The second kappa shape index (κ2) is 3.76. The van der Waals surface area contributed by atoms with E-state index in [4.69, 9.17) is 10.8 Å². The van der Waals surface area contributed by atoms with Crippen LogP contribution in [0, 0.1) is 5.92 Å². The van der Waals surface area contributed by atoms with Crippen LogP contribution in [-0.4, -0.2) is 45.0 Å². The van der Waals surface area contributed by atoms with Gasteiger partial charge in [-0.15, -0.1) is 11.8 Å². The standard InChI is InChI=1S/C9H12N2O4S/c1-3(12)5-7(13)11-6(9(14)15)4(2-10)16-8(5)11/h3,5,8,12H,2,10H2,1H3,(H,14,15)/t3-,5?,8-/m1/s1. The van der Waals surface area contributed by atoms with Crippen molar-refractivity contribution in [1.82, 2.24) is 4.90 Å². The zero-order valence-corrected chi connectivity index (χ0v) is 9.40. The lowest BCUT2D eigenvalue weighted by Crippen LogP contribution is -2.60. The molecular weight excluding hydrogens is 232 g/mol. The second-order valence-corrected chi connectivity index (χ2v) is 4.98. The summed E-state index contributed by atoms with van der Waals surface area (Å²) < 4.78 is 0. The average molecular weight is 244 g/mol. The number of carboxylic acid groups (broad SMARTS) is 1. The predicted octanol–water partition coefficient (Wildman–Crippen LogP) is -0.847. The zero-order valence-electron chi connectivity index (χ0n) is 8.58. The summed E-state index contributed by atoms with van der Waals surface area (Å²) in [6.45, 7) is 1.63. The van der Waals surface area contributed by atoms with Gasteiger partial charge < -0.3 is 15.9 Å². The molecule has 1 fully saturated rings. The average Bonchev–Trinajstić information content (AvgIpc) is 2.51. The molecule has 7 heteroatoms. The van der Waals surface area contributed by atoms with Crippen LogP contribution in [0.5, 0.6) is 0 Å². The monoisotopic (exact) mass is 244 g/mol. The summed E-state index contributed by atoms with van der Waals surface area (Å²) in [5.41, 5.74) is 5.41. The van der Waals surface area contributed by atoms with E-state index in [2.05, 4.69) is 0 Å². The Hall–Kier alpha value is -1.05. The summed E-state index contributed by atoms with van der Waals surface area (Å²) >= 11 is 1.26. The summed E-state index contributed by atoms with van der Waals surface area (Å²) in [6, 6.07) is 0. The number of nitrogens with zero attached hydrogens (tertiary/aromatic N) is 1. The number of hydrogen-bond donors (Lipinski definition) is 3. The highest BCUT2D eigenvalue weighted by Gasteiger charge is 2.57. The van der Waals surface area contributed by atoms with Crippen molar-refractivity contribution in [3.8, 4) is 0 Å². The van der Waals surface area contributed by atoms with Crippen LogP contribution in [0.4, 0.5) is 0 Å². The fraction of sp³-hybridized carbons (Fsp3) is 0.556. The van der Waals surface area contributed by atoms with Crippen LogP contribution in [0.25, 0.3) is 0 Å². The Labute approximate surface area is 96.1 Å². The molecule has 0 aromatic heterocycles. The number of hydrogen-bond acceptors (Lipinski definition) is 5. The van der Waals surface area contributed by atoms with Crippen molar-refractivity contribution in [2.45, 2.75) is 18.4 Å². The lowest BCUT2D eigenvalue weighted by atomic mass is 9.92. The molecule has 2 aliphatic heterocycles. The minimum Gasteiger partial charge on any atom is -0.477 e. The molecule has 0 aliphatic carbocycles. The molecule has 1 saturated heterocycles. The highest BCUT2D eigenvalue weighted by Crippen LogP contribution is 2.49. The number of fused-ring (bicyclic) bond motifs is 1. The van der Waals surface area contributed by atoms with Crippen molar-refractivity contribution in [2.24, 2.45) is 11.7 Å². The molecule has 3 atom stereocenters. The van der Waals surface area contributed by atoms with Crippen LogP contribution in [0.2, 0.25) is 0 Å². The van der Waals surface area contributed by atoms with E-state index in [9.17, 15) is 14.7 Å². The number of carboxylic acids is 1. The van der Waals surface area contributed by atoms with Crippen LogP contribution in [-0.2, 0) is 9.59 Å². The minimum atomic E-state index is -1.15. The van der Waals surface area contributed by atoms with E-state index in [0.29, 0.717) is 4.91 Å². The second-order valence-electron chi connectivity index (χ2n) is 3.76. The van der Waals surface area contributed by atoms with Crippen molar-refractivity contribution in [1.29, 1.82) is 0 Å². The maximum atomic E-state index is 11.7.